The summed E-state index contributed by atoms with van der Waals surface area (Å²) in [6, 6.07) is 0. The highest BCUT2D eigenvalue weighted by atomic mass is 16.7. The van der Waals surface area contributed by atoms with Crippen LogP contribution in [0.3, 0.4) is 0 Å². The van der Waals surface area contributed by atoms with Gasteiger partial charge in [0.05, 0.1) is 24.5 Å². The molecule has 0 N–H and O–H groups in total. The molecule has 5 fully saturated rings. The number of carbonyl (C=O) groups is 4. The molecule has 0 radical (unpaired) electrons. The average molecular weight is 675 g/mol. The number of hydrogen-bond donors (Lipinski definition) is 0. The Morgan fingerprint density at radius 2 is 1.62 bits per heavy atom. The van der Waals surface area contributed by atoms with Crippen LogP contribution in [0, 0.1) is 47.3 Å². The van der Waals surface area contributed by atoms with Gasteiger partial charge >= 0.3 is 11.9 Å². The zero-order chi connectivity index (χ0) is 34.4. The van der Waals surface area contributed by atoms with Crippen molar-refractivity contribution in [2.75, 3.05) is 21.3 Å². The lowest BCUT2D eigenvalue weighted by Gasteiger charge is -2.54. The fraction of sp³-hybridized carbons (Fsp3) is 0.838. The van der Waals surface area contributed by atoms with E-state index in [-0.39, 0.29) is 95.9 Å². The number of hydrogen-bond acceptors (Lipinski definition) is 11. The van der Waals surface area contributed by atoms with E-state index in [4.69, 9.17) is 33.2 Å². The predicted molar refractivity (Wildman–Crippen MR) is 171 cm³/mol. The van der Waals surface area contributed by atoms with E-state index in [0.717, 1.165) is 0 Å². The summed E-state index contributed by atoms with van der Waals surface area (Å²) in [7, 11) is 4.87. The number of methoxy groups -OCH3 is 3. The first-order valence-electron chi connectivity index (χ1n) is 18.1. The number of carbonyl (C=O) groups excluding carboxylic acids is 4. The molecule has 4 aliphatic carbocycles. The molecule has 268 valence electrons. The highest BCUT2D eigenvalue weighted by Gasteiger charge is 2.64. The standard InChI is InChI=1S/C37H54O11/c1-8-20-10-9-11-29(46-19(4)38)17(2)33(41)26-14-24-22-12-21(48-37-36(44-7)35(43-6)34(42-5)18(3)45-37)13-23(22)32-27(15-28(32)39)31(24)25(26)16-30(40)47-20/h14,17-18,20-25,27,29,31-32,34-37H,8-13,15-16H2,1-7H3/t17-,18?,20+,21+,22-,23-,24+,25-,27-,29+,31-,32+,34+,35?,36?,37+/m1/s1. The Labute approximate surface area is 284 Å². The Balaban J connectivity index is 1.29. The Morgan fingerprint density at radius 3 is 2.27 bits per heavy atom. The van der Waals surface area contributed by atoms with Crippen LogP contribution in [0.1, 0.15) is 79.1 Å². The van der Waals surface area contributed by atoms with Crippen LogP contribution < -0.4 is 0 Å². The summed E-state index contributed by atoms with van der Waals surface area (Å²) in [5.41, 5.74) is 0.640. The molecular weight excluding hydrogens is 620 g/mol. The molecule has 6 rings (SSSR count). The van der Waals surface area contributed by atoms with E-state index in [2.05, 4.69) is 6.08 Å². The van der Waals surface area contributed by atoms with Crippen LogP contribution in [0.2, 0.25) is 0 Å². The molecule has 3 unspecified atom stereocenters. The Hall–Kier alpha value is -2.18. The third-order valence-electron chi connectivity index (χ3n) is 12.6. The van der Waals surface area contributed by atoms with Gasteiger partial charge in [-0.2, -0.15) is 0 Å². The number of Topliss-reactive ketones (excluding diaryl/α,β-unsaturated/α-hetero) is 2. The van der Waals surface area contributed by atoms with Gasteiger partial charge in [0.25, 0.3) is 0 Å². The fourth-order valence-electron chi connectivity index (χ4n) is 10.4. The van der Waals surface area contributed by atoms with Gasteiger partial charge in [-0.1, -0.05) is 19.9 Å². The minimum absolute atomic E-state index is 0.0143. The van der Waals surface area contributed by atoms with E-state index in [9.17, 15) is 19.2 Å². The van der Waals surface area contributed by atoms with Crippen LogP contribution in [0.4, 0.5) is 0 Å². The minimum Gasteiger partial charge on any atom is -0.462 e. The number of cyclic esters (lactones) is 1. The lowest BCUT2D eigenvalue weighted by Crippen LogP contribution is -2.59. The largest absolute Gasteiger partial charge is 0.462 e. The molecule has 0 aromatic carbocycles. The number of allylic oxidation sites excluding steroid dienone is 2. The number of fused-ring (bicyclic) bond motifs is 8. The number of ether oxygens (including phenoxy) is 7. The van der Waals surface area contributed by atoms with Crippen LogP contribution in [0.25, 0.3) is 0 Å². The van der Waals surface area contributed by atoms with Crippen LogP contribution in [0.5, 0.6) is 0 Å². The molecule has 2 saturated heterocycles. The van der Waals surface area contributed by atoms with Gasteiger partial charge in [0.1, 0.15) is 36.3 Å². The van der Waals surface area contributed by atoms with Crippen LogP contribution in [0.15, 0.2) is 11.6 Å². The fourth-order valence-corrected chi connectivity index (χ4v) is 10.4. The summed E-state index contributed by atoms with van der Waals surface area (Å²) in [6.07, 6.45) is 3.53. The summed E-state index contributed by atoms with van der Waals surface area (Å²) in [5, 5.41) is 0. The normalized spacial score (nSPS) is 46.1. The second-order valence-electron chi connectivity index (χ2n) is 15.1. The molecule has 6 aliphatic rings. The zero-order valence-corrected chi connectivity index (χ0v) is 29.5. The number of esters is 2. The van der Waals surface area contributed by atoms with Crippen LogP contribution in [-0.2, 0) is 52.3 Å². The molecule has 48 heavy (non-hydrogen) atoms. The Morgan fingerprint density at radius 1 is 0.917 bits per heavy atom. The van der Waals surface area contributed by atoms with Crippen molar-refractivity contribution in [1.82, 2.24) is 0 Å². The van der Waals surface area contributed by atoms with Gasteiger partial charge in [-0.15, -0.1) is 0 Å². The Kier molecular flexibility index (Phi) is 10.8. The maximum absolute atomic E-state index is 14.3. The molecule has 11 heteroatoms. The molecule has 0 amide bonds. The van der Waals surface area contributed by atoms with Gasteiger partial charge < -0.3 is 33.2 Å². The Bertz CT molecular complexity index is 1260. The molecule has 0 aromatic heterocycles. The smallest absolute Gasteiger partial charge is 0.306 e. The van der Waals surface area contributed by atoms with Gasteiger partial charge in [0, 0.05) is 46.5 Å². The van der Waals surface area contributed by atoms with Gasteiger partial charge in [-0.05, 0) is 80.6 Å². The topological polar surface area (TPSA) is 133 Å². The van der Waals surface area contributed by atoms with E-state index in [1.165, 1.54) is 6.92 Å². The molecular formula is C37H54O11. The summed E-state index contributed by atoms with van der Waals surface area (Å²) in [5.74, 6) is -1.19. The van der Waals surface area contributed by atoms with Gasteiger partial charge in [0.15, 0.2) is 12.1 Å². The van der Waals surface area contributed by atoms with Crippen molar-refractivity contribution in [3.8, 4) is 0 Å². The van der Waals surface area contributed by atoms with Crippen molar-refractivity contribution in [3.63, 3.8) is 0 Å². The summed E-state index contributed by atoms with van der Waals surface area (Å²) in [6.45, 7) is 7.15. The summed E-state index contributed by atoms with van der Waals surface area (Å²) in [4.78, 5) is 53.2. The van der Waals surface area contributed by atoms with Gasteiger partial charge in [-0.25, -0.2) is 0 Å². The quantitative estimate of drug-likeness (QED) is 0.360. The predicted octanol–water partition coefficient (Wildman–Crippen LogP) is 4.23. The zero-order valence-electron chi connectivity index (χ0n) is 29.5. The maximum Gasteiger partial charge on any atom is 0.306 e. The van der Waals surface area contributed by atoms with E-state index >= 15 is 0 Å². The average Bonchev–Trinajstić information content (AvgIpc) is 3.61. The molecule has 2 aliphatic heterocycles. The van der Waals surface area contributed by atoms with Crippen LogP contribution in [-0.4, -0.2) is 93.9 Å². The van der Waals surface area contributed by atoms with Gasteiger partial charge in [-0.3, -0.25) is 19.2 Å². The summed E-state index contributed by atoms with van der Waals surface area (Å²) >= 11 is 0. The van der Waals surface area contributed by atoms with Crippen molar-refractivity contribution in [2.45, 2.75) is 128 Å². The minimum atomic E-state index is -0.672. The molecule has 16 atom stereocenters. The lowest BCUT2D eigenvalue weighted by molar-refractivity contribution is -0.314. The molecule has 2 heterocycles. The number of ketones is 2. The highest BCUT2D eigenvalue weighted by Crippen LogP contribution is 2.65. The van der Waals surface area contributed by atoms with E-state index in [1.807, 2.05) is 20.8 Å². The second kappa shape index (κ2) is 14.6. The van der Waals surface area contributed by atoms with Gasteiger partial charge in [0.2, 0.25) is 0 Å². The molecule has 0 aromatic rings. The van der Waals surface area contributed by atoms with E-state index in [1.54, 1.807) is 21.3 Å². The third kappa shape index (κ3) is 6.43. The maximum atomic E-state index is 14.3. The third-order valence-corrected chi connectivity index (χ3v) is 12.6. The first-order chi connectivity index (χ1) is 23.0. The van der Waals surface area contributed by atoms with Crippen molar-refractivity contribution < 1.29 is 52.3 Å². The first kappa shape index (κ1) is 35.6. The van der Waals surface area contributed by atoms with Crippen LogP contribution >= 0.6 is 0 Å². The molecule has 3 saturated carbocycles. The first-order valence-corrected chi connectivity index (χ1v) is 18.1. The molecule has 0 spiro atoms. The van der Waals surface area contributed by atoms with E-state index in [0.29, 0.717) is 50.5 Å². The summed E-state index contributed by atoms with van der Waals surface area (Å²) < 4.78 is 41.9. The monoisotopic (exact) mass is 674 g/mol. The van der Waals surface area contributed by atoms with Crippen molar-refractivity contribution >= 4 is 23.5 Å². The van der Waals surface area contributed by atoms with Crippen molar-refractivity contribution in [1.29, 1.82) is 0 Å². The molecule has 0 bridgehead atoms. The number of rotatable bonds is 7. The SMILES string of the molecule is CC[C@H]1CCC[C@H](OC(C)=O)[C@@H](C)C(=O)C2=C[C@H]3[C@@H]4C[C@H](O[C@@H]5OC(C)[C@H](OC)C(OC)C5OC)C[C@H]4[C@@H]4C(=O)C[C@@H]4[C@H]3[C@@H]2CC(=O)O1. The molecule has 11 nitrogen and oxygen atoms in total. The second-order valence-corrected chi connectivity index (χ2v) is 15.1. The lowest BCUT2D eigenvalue weighted by atomic mass is 9.49. The van der Waals surface area contributed by atoms with E-state index < -0.39 is 30.4 Å². The van der Waals surface area contributed by atoms with Crippen molar-refractivity contribution in [3.05, 3.63) is 11.6 Å². The van der Waals surface area contributed by atoms with Crippen molar-refractivity contribution in [2.24, 2.45) is 47.3 Å². The highest BCUT2D eigenvalue weighted by molar-refractivity contribution is 5.99.